The van der Waals surface area contributed by atoms with Crippen molar-refractivity contribution in [3.05, 3.63) is 35.4 Å². The number of nitrogens with zero attached hydrogens (tertiary/aromatic N) is 1. The van der Waals surface area contributed by atoms with Crippen molar-refractivity contribution in [1.29, 1.82) is 5.26 Å². The van der Waals surface area contributed by atoms with E-state index in [4.69, 9.17) is 4.74 Å². The first kappa shape index (κ1) is 14.4. The van der Waals surface area contributed by atoms with Gasteiger partial charge in [-0.05, 0) is 37.0 Å². The third-order valence-corrected chi connectivity index (χ3v) is 4.50. The van der Waals surface area contributed by atoms with Gasteiger partial charge in [-0.2, -0.15) is 18.4 Å². The fourth-order valence-corrected chi connectivity index (χ4v) is 3.36. The van der Waals surface area contributed by atoms with Crippen molar-refractivity contribution in [2.24, 2.45) is 5.41 Å². The number of rotatable bonds is 2. The molecule has 1 aromatic rings. The molecule has 4 atom stereocenters. The lowest BCUT2D eigenvalue weighted by atomic mass is 9.69. The highest BCUT2D eigenvalue weighted by molar-refractivity contribution is 5.30. The average Bonchev–Trinajstić information content (AvgIpc) is 3.06. The summed E-state index contributed by atoms with van der Waals surface area (Å²) in [7, 11) is 0. The number of aliphatic hydroxyl groups is 1. The van der Waals surface area contributed by atoms with Crippen molar-refractivity contribution in [2.75, 3.05) is 0 Å². The number of hydrogen-bond donors (Lipinski definition) is 1. The van der Waals surface area contributed by atoms with Crippen molar-refractivity contribution in [2.45, 2.75) is 43.8 Å². The second-order valence-corrected chi connectivity index (χ2v) is 5.70. The first-order valence-corrected chi connectivity index (χ1v) is 6.79. The lowest BCUT2D eigenvalue weighted by molar-refractivity contribution is -0.137. The van der Waals surface area contributed by atoms with Crippen LogP contribution in [0.15, 0.2) is 24.3 Å². The normalized spacial score (nSPS) is 32.9. The van der Waals surface area contributed by atoms with Crippen molar-refractivity contribution < 1.29 is 23.0 Å². The maximum absolute atomic E-state index is 12.6. The summed E-state index contributed by atoms with van der Waals surface area (Å²) in [5, 5.41) is 20.0. The van der Waals surface area contributed by atoms with Gasteiger partial charge < -0.3 is 9.84 Å². The van der Waals surface area contributed by atoms with E-state index >= 15 is 0 Å². The molecule has 0 radical (unpaired) electrons. The molecular formula is C15H14F3NO2. The van der Waals surface area contributed by atoms with Gasteiger partial charge in [0.2, 0.25) is 0 Å². The van der Waals surface area contributed by atoms with Gasteiger partial charge in [-0.3, -0.25) is 0 Å². The van der Waals surface area contributed by atoms with Crippen LogP contribution in [0.5, 0.6) is 0 Å². The largest absolute Gasteiger partial charge is 0.416 e. The molecule has 2 heterocycles. The van der Waals surface area contributed by atoms with Gasteiger partial charge in [0.1, 0.15) is 11.5 Å². The van der Waals surface area contributed by atoms with Crippen LogP contribution in [0.4, 0.5) is 13.2 Å². The number of ether oxygens (including phenoxy) is 1. The molecule has 2 saturated heterocycles. The minimum Gasteiger partial charge on any atom is -0.387 e. The van der Waals surface area contributed by atoms with E-state index in [2.05, 4.69) is 6.07 Å². The number of aliphatic hydroxyl groups excluding tert-OH is 1. The maximum Gasteiger partial charge on any atom is 0.416 e. The number of hydrogen-bond acceptors (Lipinski definition) is 3. The minimum atomic E-state index is -4.41. The number of alkyl halides is 3. The van der Waals surface area contributed by atoms with Crippen LogP contribution in [-0.2, 0) is 10.9 Å². The van der Waals surface area contributed by atoms with Gasteiger partial charge in [0.25, 0.3) is 0 Å². The fourth-order valence-electron chi connectivity index (χ4n) is 3.36. The highest BCUT2D eigenvalue weighted by atomic mass is 19.4. The number of fused-ring (bicyclic) bond motifs is 2. The van der Waals surface area contributed by atoms with Crippen LogP contribution in [0, 0.1) is 16.7 Å². The molecule has 1 N–H and O–H groups in total. The van der Waals surface area contributed by atoms with Crippen LogP contribution >= 0.6 is 0 Å². The van der Waals surface area contributed by atoms with E-state index in [-0.39, 0.29) is 12.2 Å². The molecule has 2 bridgehead atoms. The van der Waals surface area contributed by atoms with Crippen molar-refractivity contribution >= 4 is 0 Å². The first-order chi connectivity index (χ1) is 9.87. The Morgan fingerprint density at radius 3 is 2.38 bits per heavy atom. The third kappa shape index (κ3) is 2.21. The second-order valence-electron chi connectivity index (χ2n) is 5.70. The molecule has 0 aliphatic carbocycles. The van der Waals surface area contributed by atoms with Gasteiger partial charge >= 0.3 is 6.18 Å². The predicted octanol–water partition coefficient (Wildman–Crippen LogP) is 3.20. The standard InChI is InChI=1S/C15H14F3NO2/c16-15(17,18)10-3-1-9(2-4-10)13(20)14(8-19)7-11-5-6-12(14)21-11/h1-4,11-13,20H,5-7H2. The fraction of sp³-hybridized carbons (Fsp3) is 0.533. The Morgan fingerprint density at radius 1 is 1.29 bits per heavy atom. The van der Waals surface area contributed by atoms with E-state index in [9.17, 15) is 23.5 Å². The summed E-state index contributed by atoms with van der Waals surface area (Å²) in [6.45, 7) is 0. The third-order valence-electron chi connectivity index (χ3n) is 4.50. The molecule has 21 heavy (non-hydrogen) atoms. The molecule has 6 heteroatoms. The lowest BCUT2D eigenvalue weighted by Gasteiger charge is -2.33. The van der Waals surface area contributed by atoms with Crippen molar-refractivity contribution in [3.8, 4) is 6.07 Å². The zero-order valence-corrected chi connectivity index (χ0v) is 11.1. The highest BCUT2D eigenvalue weighted by Crippen LogP contribution is 2.53. The Hall–Kier alpha value is -1.58. The quantitative estimate of drug-likeness (QED) is 0.912. The zero-order valence-electron chi connectivity index (χ0n) is 11.1. The SMILES string of the molecule is N#CC1(C(O)c2ccc(C(F)(F)F)cc2)CC2CCC1O2. The van der Waals surface area contributed by atoms with E-state index in [0.29, 0.717) is 18.4 Å². The van der Waals surface area contributed by atoms with Crippen LogP contribution in [-0.4, -0.2) is 17.3 Å². The van der Waals surface area contributed by atoms with Gasteiger partial charge in [-0.1, -0.05) is 12.1 Å². The number of nitriles is 1. The van der Waals surface area contributed by atoms with Gasteiger partial charge in [0, 0.05) is 0 Å². The Labute approximate surface area is 120 Å². The molecule has 112 valence electrons. The summed E-state index contributed by atoms with van der Waals surface area (Å²) in [6, 6.07) is 6.48. The van der Waals surface area contributed by atoms with Gasteiger partial charge in [-0.15, -0.1) is 0 Å². The average molecular weight is 297 g/mol. The number of benzene rings is 1. The highest BCUT2D eigenvalue weighted by Gasteiger charge is 2.57. The summed E-state index contributed by atoms with van der Waals surface area (Å²) in [5.41, 5.74) is -1.50. The molecule has 0 saturated carbocycles. The summed E-state index contributed by atoms with van der Waals surface area (Å²) in [6.07, 6.45) is -3.92. The van der Waals surface area contributed by atoms with Crippen LogP contribution in [0.3, 0.4) is 0 Å². The molecule has 3 nitrogen and oxygen atoms in total. The van der Waals surface area contributed by atoms with Crippen LogP contribution in [0.25, 0.3) is 0 Å². The molecule has 1 aromatic carbocycles. The summed E-state index contributed by atoms with van der Waals surface area (Å²) in [5.74, 6) is 0. The number of halogens is 3. The van der Waals surface area contributed by atoms with Gasteiger partial charge in [-0.25, -0.2) is 0 Å². The predicted molar refractivity (Wildman–Crippen MR) is 67.0 cm³/mol. The molecule has 0 spiro atoms. The van der Waals surface area contributed by atoms with E-state index in [1.807, 2.05) is 0 Å². The molecule has 3 rings (SSSR count). The second kappa shape index (κ2) is 4.72. The first-order valence-electron chi connectivity index (χ1n) is 6.79. The minimum absolute atomic E-state index is 0.0289. The summed E-state index contributed by atoms with van der Waals surface area (Å²) < 4.78 is 43.3. The van der Waals surface area contributed by atoms with Gasteiger partial charge in [0.15, 0.2) is 0 Å². The molecule has 0 amide bonds. The summed E-state index contributed by atoms with van der Waals surface area (Å²) >= 11 is 0. The Kier molecular flexibility index (Phi) is 3.23. The molecule has 2 aliphatic heterocycles. The molecule has 2 fully saturated rings. The Bertz CT molecular complexity index is 578. The maximum atomic E-state index is 12.6. The van der Waals surface area contributed by atoms with E-state index < -0.39 is 23.3 Å². The van der Waals surface area contributed by atoms with Crippen LogP contribution in [0.2, 0.25) is 0 Å². The Balaban J connectivity index is 1.88. The monoisotopic (exact) mass is 297 g/mol. The molecule has 0 aromatic heterocycles. The molecular weight excluding hydrogens is 283 g/mol. The van der Waals surface area contributed by atoms with Crippen molar-refractivity contribution in [1.82, 2.24) is 0 Å². The zero-order chi connectivity index (χ0) is 15.3. The smallest absolute Gasteiger partial charge is 0.387 e. The summed E-state index contributed by atoms with van der Waals surface area (Å²) in [4.78, 5) is 0. The van der Waals surface area contributed by atoms with Crippen LogP contribution in [0.1, 0.15) is 36.5 Å². The molecule has 4 unspecified atom stereocenters. The van der Waals surface area contributed by atoms with E-state index in [1.54, 1.807) is 0 Å². The topological polar surface area (TPSA) is 53.2 Å². The van der Waals surface area contributed by atoms with E-state index in [0.717, 1.165) is 18.6 Å². The lowest BCUT2D eigenvalue weighted by Crippen LogP contribution is -2.37. The van der Waals surface area contributed by atoms with Crippen LogP contribution < -0.4 is 0 Å². The molecule has 2 aliphatic rings. The van der Waals surface area contributed by atoms with E-state index in [1.165, 1.54) is 12.1 Å². The Morgan fingerprint density at radius 2 is 1.95 bits per heavy atom. The van der Waals surface area contributed by atoms with Crippen molar-refractivity contribution in [3.63, 3.8) is 0 Å². The van der Waals surface area contributed by atoms with Gasteiger partial charge in [0.05, 0.1) is 23.8 Å².